The molecular formula is C27H23ClFN5O4. The number of carbonyl (C=O) groups excluding carboxylic acids is 1. The van der Waals surface area contributed by atoms with Gasteiger partial charge in [0.25, 0.3) is 0 Å². The lowest BCUT2D eigenvalue weighted by Crippen LogP contribution is -2.55. The number of benzene rings is 2. The molecule has 0 atom stereocenters. The summed E-state index contributed by atoms with van der Waals surface area (Å²) in [6.45, 7) is 4.42. The van der Waals surface area contributed by atoms with Gasteiger partial charge in [0.15, 0.2) is 22.5 Å². The fourth-order valence-electron chi connectivity index (χ4n) is 4.11. The van der Waals surface area contributed by atoms with E-state index in [1.807, 2.05) is 0 Å². The maximum Gasteiger partial charge on any atom is 0.246 e. The van der Waals surface area contributed by atoms with E-state index >= 15 is 0 Å². The van der Waals surface area contributed by atoms with Crippen LogP contribution in [0.5, 0.6) is 17.2 Å². The highest BCUT2D eigenvalue weighted by molar-refractivity contribution is 6.29. The van der Waals surface area contributed by atoms with Crippen LogP contribution in [0.3, 0.4) is 0 Å². The average molecular weight is 536 g/mol. The van der Waals surface area contributed by atoms with E-state index in [1.54, 1.807) is 49.5 Å². The number of nitrogens with one attached hydrogen (secondary N) is 1. The Morgan fingerprint density at radius 2 is 1.87 bits per heavy atom. The van der Waals surface area contributed by atoms with Gasteiger partial charge >= 0.3 is 0 Å². The zero-order chi connectivity index (χ0) is 26.8. The highest BCUT2D eigenvalue weighted by Gasteiger charge is 2.31. The molecule has 1 aliphatic heterocycles. The topological polar surface area (TPSA) is 98.7 Å². The summed E-state index contributed by atoms with van der Waals surface area (Å²) >= 11 is 5.74. The second-order valence-electron chi connectivity index (χ2n) is 8.47. The third-order valence-corrected chi connectivity index (χ3v) is 6.41. The first-order valence-corrected chi connectivity index (χ1v) is 11.9. The van der Waals surface area contributed by atoms with Gasteiger partial charge < -0.3 is 24.4 Å². The molecule has 0 bridgehead atoms. The van der Waals surface area contributed by atoms with Gasteiger partial charge in [-0.15, -0.1) is 0 Å². The SMILES string of the molecule is C=CC(=O)N1CC(Oc2cc3c(Nc4cc(-c5cnc(Cl)c(F)c5)ccc4OC)ncnc3cc2OC)C1. The van der Waals surface area contributed by atoms with E-state index in [1.165, 1.54) is 24.7 Å². The van der Waals surface area contributed by atoms with Crippen molar-refractivity contribution < 1.29 is 23.4 Å². The van der Waals surface area contributed by atoms with Gasteiger partial charge in [0.2, 0.25) is 5.91 Å². The maximum atomic E-state index is 14.0. The Morgan fingerprint density at radius 3 is 2.58 bits per heavy atom. The average Bonchev–Trinajstić information content (AvgIpc) is 2.91. The molecule has 1 amide bonds. The molecule has 0 spiro atoms. The number of amides is 1. The molecule has 0 aliphatic carbocycles. The predicted octanol–water partition coefficient (Wildman–Crippen LogP) is 5.02. The summed E-state index contributed by atoms with van der Waals surface area (Å²) < 4.78 is 31.2. The van der Waals surface area contributed by atoms with Crippen molar-refractivity contribution in [3.05, 3.63) is 72.5 Å². The zero-order valence-electron chi connectivity index (χ0n) is 20.6. The van der Waals surface area contributed by atoms with Crippen molar-refractivity contribution >= 4 is 39.9 Å². The molecule has 4 aromatic rings. The Labute approximate surface area is 222 Å². The molecule has 1 saturated heterocycles. The number of aromatic nitrogens is 3. The Morgan fingerprint density at radius 1 is 1.08 bits per heavy atom. The summed E-state index contributed by atoms with van der Waals surface area (Å²) in [5.74, 6) is 1.30. The molecule has 1 aliphatic rings. The monoisotopic (exact) mass is 535 g/mol. The Hall–Kier alpha value is -4.44. The van der Waals surface area contributed by atoms with E-state index in [0.717, 1.165) is 0 Å². The van der Waals surface area contributed by atoms with Gasteiger partial charge in [0.05, 0.1) is 38.5 Å². The summed E-state index contributed by atoms with van der Waals surface area (Å²) in [7, 11) is 3.10. The van der Waals surface area contributed by atoms with E-state index in [0.29, 0.717) is 63.9 Å². The first-order chi connectivity index (χ1) is 18.4. The number of hydrogen-bond donors (Lipinski definition) is 1. The molecule has 2 aromatic carbocycles. The summed E-state index contributed by atoms with van der Waals surface area (Å²) in [4.78, 5) is 26.1. The van der Waals surface area contributed by atoms with Crippen LogP contribution in [0.25, 0.3) is 22.0 Å². The van der Waals surface area contributed by atoms with Crippen molar-refractivity contribution in [3.63, 3.8) is 0 Å². The number of fused-ring (bicyclic) bond motifs is 1. The van der Waals surface area contributed by atoms with Crippen molar-refractivity contribution in [3.8, 4) is 28.4 Å². The van der Waals surface area contributed by atoms with Gasteiger partial charge in [-0.05, 0) is 35.9 Å². The van der Waals surface area contributed by atoms with Crippen LogP contribution in [-0.2, 0) is 4.79 Å². The standard InChI is InChI=1S/C27H23ClFN5O4/c1-4-25(35)34-12-17(13-34)38-24-9-18-20(10-23(24)37-3)31-14-32-27(18)33-21-8-15(5-6-22(21)36-2)16-7-19(29)26(28)30-11-16/h4-11,14,17H,1,12-13H2,2-3H3,(H,31,32,33). The number of halogens is 2. The molecule has 1 N–H and O–H groups in total. The maximum absolute atomic E-state index is 14.0. The van der Waals surface area contributed by atoms with Crippen molar-refractivity contribution in [2.45, 2.75) is 6.10 Å². The minimum atomic E-state index is -0.610. The highest BCUT2D eigenvalue weighted by atomic mass is 35.5. The fourth-order valence-corrected chi connectivity index (χ4v) is 4.21. The van der Waals surface area contributed by atoms with Crippen LogP contribution in [0.2, 0.25) is 5.15 Å². The zero-order valence-corrected chi connectivity index (χ0v) is 21.3. The van der Waals surface area contributed by atoms with Crippen molar-refractivity contribution in [2.75, 3.05) is 32.6 Å². The number of anilines is 2. The first-order valence-electron chi connectivity index (χ1n) is 11.6. The summed E-state index contributed by atoms with van der Waals surface area (Å²) in [5.41, 5.74) is 2.47. The normalized spacial score (nSPS) is 13.1. The quantitative estimate of drug-likeness (QED) is 0.248. The number of nitrogens with zero attached hydrogens (tertiary/aromatic N) is 4. The van der Waals surface area contributed by atoms with E-state index in [-0.39, 0.29) is 17.2 Å². The van der Waals surface area contributed by atoms with Gasteiger partial charge in [-0.2, -0.15) is 0 Å². The number of pyridine rings is 1. The molecule has 5 rings (SSSR count). The molecule has 194 valence electrons. The van der Waals surface area contributed by atoms with Gasteiger partial charge in [-0.25, -0.2) is 19.3 Å². The van der Waals surface area contributed by atoms with Gasteiger partial charge in [-0.3, -0.25) is 4.79 Å². The van der Waals surface area contributed by atoms with Crippen molar-refractivity contribution in [2.24, 2.45) is 0 Å². The molecule has 0 saturated carbocycles. The number of methoxy groups -OCH3 is 2. The van der Waals surface area contributed by atoms with Gasteiger partial charge in [0.1, 0.15) is 24.0 Å². The van der Waals surface area contributed by atoms with Crippen LogP contribution in [0.15, 0.2) is 61.6 Å². The number of ether oxygens (including phenoxy) is 3. The lowest BCUT2D eigenvalue weighted by atomic mass is 10.1. The van der Waals surface area contributed by atoms with Crippen LogP contribution in [0.1, 0.15) is 0 Å². The van der Waals surface area contributed by atoms with Crippen LogP contribution in [0, 0.1) is 5.82 Å². The van der Waals surface area contributed by atoms with E-state index in [2.05, 4.69) is 26.8 Å². The minimum Gasteiger partial charge on any atom is -0.495 e. The molecule has 2 aromatic heterocycles. The van der Waals surface area contributed by atoms with Gasteiger partial charge in [0, 0.05) is 23.2 Å². The number of carbonyl (C=O) groups is 1. The van der Waals surface area contributed by atoms with Crippen LogP contribution in [-0.4, -0.2) is 59.2 Å². The molecule has 3 heterocycles. The fraction of sp³-hybridized carbons (Fsp3) is 0.185. The minimum absolute atomic E-state index is 0.136. The summed E-state index contributed by atoms with van der Waals surface area (Å²) in [6, 6.07) is 10.2. The molecule has 9 nitrogen and oxygen atoms in total. The third-order valence-electron chi connectivity index (χ3n) is 6.13. The van der Waals surface area contributed by atoms with Gasteiger partial charge in [-0.1, -0.05) is 24.2 Å². The molecule has 0 unspecified atom stereocenters. The van der Waals surface area contributed by atoms with Crippen LogP contribution >= 0.6 is 11.6 Å². The largest absolute Gasteiger partial charge is 0.495 e. The van der Waals surface area contributed by atoms with Crippen LogP contribution in [0.4, 0.5) is 15.9 Å². The molecular weight excluding hydrogens is 513 g/mol. The molecule has 11 heteroatoms. The second-order valence-corrected chi connectivity index (χ2v) is 8.82. The lowest BCUT2D eigenvalue weighted by molar-refractivity contribution is -0.134. The molecule has 1 fully saturated rings. The lowest BCUT2D eigenvalue weighted by Gasteiger charge is -2.38. The van der Waals surface area contributed by atoms with Crippen molar-refractivity contribution in [1.29, 1.82) is 0 Å². The Kier molecular flexibility index (Phi) is 6.97. The third kappa shape index (κ3) is 4.90. The predicted molar refractivity (Wildman–Crippen MR) is 142 cm³/mol. The number of hydrogen-bond acceptors (Lipinski definition) is 8. The summed E-state index contributed by atoms with van der Waals surface area (Å²) in [5, 5.41) is 3.78. The Bertz CT molecular complexity index is 1540. The highest BCUT2D eigenvalue weighted by Crippen LogP contribution is 2.38. The first kappa shape index (κ1) is 25.2. The smallest absolute Gasteiger partial charge is 0.246 e. The molecule has 0 radical (unpaired) electrons. The number of rotatable bonds is 8. The van der Waals surface area contributed by atoms with Crippen molar-refractivity contribution in [1.82, 2.24) is 19.9 Å². The van der Waals surface area contributed by atoms with E-state index in [4.69, 9.17) is 25.8 Å². The van der Waals surface area contributed by atoms with E-state index < -0.39 is 5.82 Å². The molecule has 38 heavy (non-hydrogen) atoms. The summed E-state index contributed by atoms with van der Waals surface area (Å²) in [6.07, 6.45) is 4.03. The van der Waals surface area contributed by atoms with Crippen LogP contribution < -0.4 is 19.5 Å². The van der Waals surface area contributed by atoms with E-state index in [9.17, 15) is 9.18 Å². The number of likely N-dealkylation sites (tertiary alicyclic amines) is 1. The Balaban J connectivity index is 1.48. The second kappa shape index (κ2) is 10.5.